The van der Waals surface area contributed by atoms with Gasteiger partial charge in [0.05, 0.1) is 17.6 Å². The number of benzene rings is 1. The van der Waals surface area contributed by atoms with Crippen molar-refractivity contribution in [2.45, 2.75) is 64.6 Å². The van der Waals surface area contributed by atoms with Crippen LogP contribution in [0, 0.1) is 5.41 Å². The Labute approximate surface area is 178 Å². The Morgan fingerprint density at radius 1 is 1.30 bits per heavy atom. The fourth-order valence-corrected chi connectivity index (χ4v) is 2.90. The molecule has 0 amide bonds. The minimum atomic E-state index is -1.16. The van der Waals surface area contributed by atoms with Gasteiger partial charge in [-0.15, -0.1) is 6.58 Å². The summed E-state index contributed by atoms with van der Waals surface area (Å²) < 4.78 is 22.3. The monoisotopic (exact) mass is 420 g/mol. The van der Waals surface area contributed by atoms with Gasteiger partial charge in [-0.05, 0) is 45.7 Å². The SMILES string of the molecule is C=CCCCO[C@H]1C[C@@H](OC(=O)c2ccccc2)[C@H]([C@H](O)COC(=O)C(C)(C)C)O1. The van der Waals surface area contributed by atoms with Crippen molar-refractivity contribution in [1.82, 2.24) is 0 Å². The second-order valence-electron chi connectivity index (χ2n) is 8.29. The molecule has 0 radical (unpaired) electrons. The van der Waals surface area contributed by atoms with E-state index in [1.165, 1.54) is 0 Å². The van der Waals surface area contributed by atoms with Crippen LogP contribution in [0.1, 0.15) is 50.4 Å². The summed E-state index contributed by atoms with van der Waals surface area (Å²) in [6.07, 6.45) is 0.303. The third-order valence-corrected chi connectivity index (χ3v) is 4.60. The number of allylic oxidation sites excluding steroid dienone is 1. The Hall–Kier alpha value is -2.22. The van der Waals surface area contributed by atoms with Crippen LogP contribution in [0.15, 0.2) is 43.0 Å². The Balaban J connectivity index is 2.00. The average molecular weight is 421 g/mol. The Bertz CT molecular complexity index is 695. The first-order valence-corrected chi connectivity index (χ1v) is 10.2. The third kappa shape index (κ3) is 7.23. The van der Waals surface area contributed by atoms with Crippen LogP contribution in [0.25, 0.3) is 0 Å². The summed E-state index contributed by atoms with van der Waals surface area (Å²) in [5.74, 6) is -0.949. The predicted octanol–water partition coefficient (Wildman–Crippen LogP) is 3.26. The summed E-state index contributed by atoms with van der Waals surface area (Å²) >= 11 is 0. The zero-order valence-electron chi connectivity index (χ0n) is 17.9. The van der Waals surface area contributed by atoms with E-state index < -0.39 is 42.0 Å². The molecular weight excluding hydrogens is 388 g/mol. The van der Waals surface area contributed by atoms with Gasteiger partial charge in [0.1, 0.15) is 24.9 Å². The molecular formula is C23H32O7. The molecule has 1 aromatic rings. The van der Waals surface area contributed by atoms with Crippen molar-refractivity contribution in [3.63, 3.8) is 0 Å². The fraction of sp³-hybridized carbons (Fsp3) is 0.565. The van der Waals surface area contributed by atoms with Gasteiger partial charge in [0.15, 0.2) is 6.29 Å². The molecule has 1 aliphatic rings. The molecule has 0 spiro atoms. The summed E-state index contributed by atoms with van der Waals surface area (Å²) in [5, 5.41) is 10.6. The minimum Gasteiger partial charge on any atom is -0.462 e. The van der Waals surface area contributed by atoms with Crippen LogP contribution in [-0.4, -0.2) is 54.9 Å². The van der Waals surface area contributed by atoms with E-state index in [1.807, 2.05) is 0 Å². The van der Waals surface area contributed by atoms with Crippen LogP contribution in [0.4, 0.5) is 0 Å². The molecule has 1 heterocycles. The highest BCUT2D eigenvalue weighted by Crippen LogP contribution is 2.28. The van der Waals surface area contributed by atoms with Crippen molar-refractivity contribution in [1.29, 1.82) is 0 Å². The molecule has 0 saturated carbocycles. The zero-order valence-corrected chi connectivity index (χ0v) is 17.9. The molecule has 1 fully saturated rings. The minimum absolute atomic E-state index is 0.261. The van der Waals surface area contributed by atoms with Crippen molar-refractivity contribution in [2.24, 2.45) is 5.41 Å². The number of aliphatic hydroxyl groups is 1. The van der Waals surface area contributed by atoms with E-state index in [4.69, 9.17) is 18.9 Å². The van der Waals surface area contributed by atoms with Crippen LogP contribution < -0.4 is 0 Å². The van der Waals surface area contributed by atoms with Gasteiger partial charge in [0.25, 0.3) is 0 Å². The normalized spacial score (nSPS) is 22.3. The molecule has 0 aliphatic carbocycles. The number of hydrogen-bond donors (Lipinski definition) is 1. The number of hydrogen-bond acceptors (Lipinski definition) is 7. The Kier molecular flexibility index (Phi) is 9.02. The lowest BCUT2D eigenvalue weighted by Crippen LogP contribution is -2.41. The van der Waals surface area contributed by atoms with E-state index in [1.54, 1.807) is 57.2 Å². The van der Waals surface area contributed by atoms with Crippen molar-refractivity contribution >= 4 is 11.9 Å². The topological polar surface area (TPSA) is 91.3 Å². The van der Waals surface area contributed by atoms with E-state index in [0.29, 0.717) is 12.2 Å². The molecule has 1 aliphatic heterocycles. The van der Waals surface area contributed by atoms with Crippen LogP contribution in [0.2, 0.25) is 0 Å². The van der Waals surface area contributed by atoms with Gasteiger partial charge in [-0.25, -0.2) is 4.79 Å². The van der Waals surface area contributed by atoms with Crippen LogP contribution in [-0.2, 0) is 23.7 Å². The molecule has 1 aromatic carbocycles. The highest BCUT2D eigenvalue weighted by molar-refractivity contribution is 5.89. The van der Waals surface area contributed by atoms with Crippen molar-refractivity contribution < 1.29 is 33.6 Å². The lowest BCUT2D eigenvalue weighted by atomic mass is 9.97. The first-order valence-electron chi connectivity index (χ1n) is 10.2. The van der Waals surface area contributed by atoms with Gasteiger partial charge in [0, 0.05) is 6.42 Å². The Morgan fingerprint density at radius 2 is 2.00 bits per heavy atom. The number of unbranched alkanes of at least 4 members (excludes halogenated alkanes) is 1. The second-order valence-corrected chi connectivity index (χ2v) is 8.29. The van der Waals surface area contributed by atoms with E-state index in [-0.39, 0.29) is 13.0 Å². The fourth-order valence-electron chi connectivity index (χ4n) is 2.90. The molecule has 166 valence electrons. The summed E-state index contributed by atoms with van der Waals surface area (Å²) in [6, 6.07) is 8.59. The number of aliphatic hydroxyl groups excluding tert-OH is 1. The van der Waals surface area contributed by atoms with Crippen LogP contribution in [0.3, 0.4) is 0 Å². The Morgan fingerprint density at radius 3 is 2.63 bits per heavy atom. The first kappa shape index (κ1) is 24.1. The van der Waals surface area contributed by atoms with E-state index in [2.05, 4.69) is 6.58 Å². The summed E-state index contributed by atoms with van der Waals surface area (Å²) in [4.78, 5) is 24.5. The standard InChI is InChI=1S/C23H32O7/c1-5-6-10-13-27-19-14-18(29-21(25)16-11-8-7-9-12-16)20(30-19)17(24)15-28-22(26)23(2,3)4/h5,7-9,11-12,17-20,24H,1,6,10,13-15H2,2-4H3/t17-,18-,19-,20+/m1/s1. The number of carbonyl (C=O) groups is 2. The number of esters is 2. The highest BCUT2D eigenvalue weighted by Gasteiger charge is 2.43. The van der Waals surface area contributed by atoms with Gasteiger partial charge in [0.2, 0.25) is 0 Å². The maximum atomic E-state index is 12.5. The molecule has 0 bridgehead atoms. The highest BCUT2D eigenvalue weighted by atomic mass is 16.7. The van der Waals surface area contributed by atoms with Gasteiger partial charge in [-0.2, -0.15) is 0 Å². The molecule has 0 aromatic heterocycles. The molecule has 1 N–H and O–H groups in total. The predicted molar refractivity (Wildman–Crippen MR) is 111 cm³/mol. The summed E-state index contributed by atoms with van der Waals surface area (Å²) in [5.41, 5.74) is -0.285. The lowest BCUT2D eigenvalue weighted by molar-refractivity contribution is -0.175. The van der Waals surface area contributed by atoms with Gasteiger partial charge in [-0.3, -0.25) is 4.79 Å². The smallest absolute Gasteiger partial charge is 0.338 e. The van der Waals surface area contributed by atoms with E-state index in [0.717, 1.165) is 12.8 Å². The number of rotatable bonds is 10. The molecule has 7 heteroatoms. The zero-order chi connectivity index (χ0) is 22.1. The summed E-state index contributed by atoms with van der Waals surface area (Å²) in [7, 11) is 0. The van der Waals surface area contributed by atoms with E-state index >= 15 is 0 Å². The van der Waals surface area contributed by atoms with Crippen LogP contribution in [0.5, 0.6) is 0 Å². The third-order valence-electron chi connectivity index (χ3n) is 4.60. The summed E-state index contributed by atoms with van der Waals surface area (Å²) in [6.45, 7) is 9.05. The quantitative estimate of drug-likeness (QED) is 0.353. The maximum absolute atomic E-state index is 12.5. The number of ether oxygens (including phenoxy) is 4. The van der Waals surface area contributed by atoms with Crippen molar-refractivity contribution in [2.75, 3.05) is 13.2 Å². The first-order chi connectivity index (χ1) is 14.2. The molecule has 30 heavy (non-hydrogen) atoms. The molecule has 1 saturated heterocycles. The second kappa shape index (κ2) is 11.2. The molecule has 0 unspecified atom stereocenters. The maximum Gasteiger partial charge on any atom is 0.338 e. The molecule has 7 nitrogen and oxygen atoms in total. The molecule has 2 rings (SSSR count). The van der Waals surface area contributed by atoms with Crippen molar-refractivity contribution in [3.8, 4) is 0 Å². The van der Waals surface area contributed by atoms with Gasteiger partial charge in [-0.1, -0.05) is 24.3 Å². The van der Waals surface area contributed by atoms with Gasteiger partial charge < -0.3 is 24.1 Å². The average Bonchev–Trinajstić information content (AvgIpc) is 3.11. The van der Waals surface area contributed by atoms with E-state index in [9.17, 15) is 14.7 Å². The van der Waals surface area contributed by atoms with Crippen molar-refractivity contribution in [3.05, 3.63) is 48.6 Å². The molecule has 4 atom stereocenters. The van der Waals surface area contributed by atoms with Gasteiger partial charge >= 0.3 is 11.9 Å². The van der Waals surface area contributed by atoms with Crippen LogP contribution >= 0.6 is 0 Å². The largest absolute Gasteiger partial charge is 0.462 e. The number of carbonyl (C=O) groups excluding carboxylic acids is 2. The lowest BCUT2D eigenvalue weighted by Gasteiger charge is -2.25.